The van der Waals surface area contributed by atoms with Crippen molar-refractivity contribution in [3.8, 4) is 0 Å². The van der Waals surface area contributed by atoms with Gasteiger partial charge in [-0.2, -0.15) is 0 Å². The van der Waals surface area contributed by atoms with Crippen molar-refractivity contribution in [2.24, 2.45) is 5.92 Å². The van der Waals surface area contributed by atoms with Crippen LogP contribution in [0.25, 0.3) is 0 Å². The summed E-state index contributed by atoms with van der Waals surface area (Å²) < 4.78 is 28.3. The first-order valence-corrected chi connectivity index (χ1v) is 14.2. The molecular weight excluding hydrogens is 590 g/mol. The van der Waals surface area contributed by atoms with Gasteiger partial charge < -0.3 is 5.32 Å². The smallest absolute Gasteiger partial charge is 0.308 e. The number of carbonyl (C=O) groups is 3. The van der Waals surface area contributed by atoms with Crippen LogP contribution in [0.2, 0.25) is 0 Å². The van der Waals surface area contributed by atoms with E-state index in [0.29, 0.717) is 21.2 Å². The van der Waals surface area contributed by atoms with Gasteiger partial charge in [-0.05, 0) is 54.1 Å². The molecule has 42 heavy (non-hydrogen) atoms. The van der Waals surface area contributed by atoms with Crippen LogP contribution < -0.4 is 15.1 Å². The summed E-state index contributed by atoms with van der Waals surface area (Å²) in [5, 5.41) is 13.0. The number of carbonyl (C=O) groups excluding carboxylic acids is 3. The largest absolute Gasteiger partial charge is 0.325 e. The van der Waals surface area contributed by atoms with Gasteiger partial charge in [0.15, 0.2) is 0 Å². The van der Waals surface area contributed by atoms with Crippen LogP contribution in [-0.4, -0.2) is 32.5 Å². The average molecular weight is 609 g/mol. The maximum atomic E-state index is 13.8. The third-order valence-electron chi connectivity index (χ3n) is 7.03. The quantitative estimate of drug-likeness (QED) is 0.193. The van der Waals surface area contributed by atoms with Gasteiger partial charge in [0.05, 0.1) is 21.6 Å². The second-order valence-electron chi connectivity index (χ2n) is 9.56. The number of amides is 3. The van der Waals surface area contributed by atoms with Crippen molar-refractivity contribution in [3.05, 3.63) is 115 Å². The number of rotatable bonds is 6. The minimum absolute atomic E-state index is 0.155. The molecule has 0 saturated carbocycles. The lowest BCUT2D eigenvalue weighted by molar-refractivity contribution is -0.384. The van der Waals surface area contributed by atoms with Crippen LogP contribution in [0.3, 0.4) is 0 Å². The lowest BCUT2D eigenvalue weighted by atomic mass is 9.83. The predicted octanol–water partition coefficient (Wildman–Crippen LogP) is 4.53. The number of hydrogen-bond acceptors (Lipinski definition) is 8. The lowest BCUT2D eigenvalue weighted by Crippen LogP contribution is -2.33. The van der Waals surface area contributed by atoms with Crippen molar-refractivity contribution in [2.45, 2.75) is 22.7 Å². The standard InChI is InChI=1S/C28H18F2N4O6S2/c29-15-3-1-14(2-4-15)21-22-23(26(37)33(25(22)36)18-9-11-19(12-10-18)34(39)40)41-27-24(21)42-28(38)32(27)13-20(35)31-17-7-5-16(30)6-8-17/h1-12,21-23H,13H2,(H,31,35)/t21-,22?,23?/m0/s1. The van der Waals surface area contributed by atoms with Crippen LogP contribution in [-0.2, 0) is 20.9 Å². The molecule has 2 unspecified atom stereocenters. The Morgan fingerprint density at radius 1 is 0.905 bits per heavy atom. The van der Waals surface area contributed by atoms with Crippen molar-refractivity contribution in [3.63, 3.8) is 0 Å². The van der Waals surface area contributed by atoms with E-state index < -0.39 is 62.8 Å². The Labute approximate surface area is 243 Å². The molecule has 3 amide bonds. The highest BCUT2D eigenvalue weighted by Gasteiger charge is 2.56. The summed E-state index contributed by atoms with van der Waals surface area (Å²) in [7, 11) is 0. The summed E-state index contributed by atoms with van der Waals surface area (Å²) in [4.78, 5) is 65.0. The van der Waals surface area contributed by atoms with Crippen molar-refractivity contribution < 1.29 is 28.1 Å². The van der Waals surface area contributed by atoms with Gasteiger partial charge in [-0.3, -0.25) is 33.9 Å². The molecule has 6 rings (SSSR count). The lowest BCUT2D eigenvalue weighted by Gasteiger charge is -2.30. The number of nitrogens with zero attached hydrogens (tertiary/aromatic N) is 3. The number of nitrogens with one attached hydrogen (secondary N) is 1. The van der Waals surface area contributed by atoms with E-state index in [-0.39, 0.29) is 11.4 Å². The van der Waals surface area contributed by atoms with E-state index in [1.54, 1.807) is 0 Å². The molecule has 0 spiro atoms. The second-order valence-corrected chi connectivity index (χ2v) is 11.7. The van der Waals surface area contributed by atoms with Crippen LogP contribution in [0.1, 0.15) is 16.4 Å². The zero-order valence-electron chi connectivity index (χ0n) is 21.2. The number of nitro benzene ring substituents is 1. The number of thiazole rings is 1. The molecular formula is C28H18F2N4O6S2. The summed E-state index contributed by atoms with van der Waals surface area (Å²) in [5.74, 6) is -4.46. The van der Waals surface area contributed by atoms with Crippen LogP contribution in [0.5, 0.6) is 0 Å². The highest BCUT2D eigenvalue weighted by Crippen LogP contribution is 2.53. The fourth-order valence-electron chi connectivity index (χ4n) is 5.14. The Morgan fingerprint density at radius 2 is 1.52 bits per heavy atom. The third-order valence-corrected chi connectivity index (χ3v) is 9.63. The van der Waals surface area contributed by atoms with Gasteiger partial charge in [-0.15, -0.1) is 0 Å². The van der Waals surface area contributed by atoms with E-state index in [2.05, 4.69) is 5.32 Å². The van der Waals surface area contributed by atoms with E-state index in [1.165, 1.54) is 77.4 Å². The van der Waals surface area contributed by atoms with E-state index in [1.807, 2.05) is 0 Å². The summed E-state index contributed by atoms with van der Waals surface area (Å²) in [6.07, 6.45) is 0. The van der Waals surface area contributed by atoms with Crippen LogP contribution >= 0.6 is 23.1 Å². The van der Waals surface area contributed by atoms with Crippen LogP contribution in [0.15, 0.2) is 82.6 Å². The first kappa shape index (κ1) is 27.5. The molecule has 3 heterocycles. The van der Waals surface area contributed by atoms with Gasteiger partial charge in [0.2, 0.25) is 17.7 Å². The third kappa shape index (κ3) is 4.77. The number of halogens is 2. The number of hydrogen-bond donors (Lipinski definition) is 1. The van der Waals surface area contributed by atoms with Crippen LogP contribution in [0, 0.1) is 27.7 Å². The first-order valence-electron chi connectivity index (χ1n) is 12.5. The van der Waals surface area contributed by atoms with Crippen molar-refractivity contribution in [1.82, 2.24) is 4.57 Å². The van der Waals surface area contributed by atoms with Gasteiger partial charge >= 0.3 is 4.87 Å². The van der Waals surface area contributed by atoms with Gasteiger partial charge in [0.1, 0.15) is 23.4 Å². The SMILES string of the molecule is O=C(Cn1c2c(sc1=O)[C@@H](c1ccc(F)cc1)C1C(=O)N(c3ccc([N+](=O)[O-])cc3)C(=O)C1S2)Nc1ccc(F)cc1. The minimum atomic E-state index is -0.990. The van der Waals surface area contributed by atoms with Gasteiger partial charge in [0.25, 0.3) is 5.69 Å². The second kappa shape index (κ2) is 10.6. The molecule has 1 aromatic heterocycles. The Balaban J connectivity index is 1.39. The molecule has 2 aliphatic rings. The maximum Gasteiger partial charge on any atom is 0.308 e. The zero-order chi connectivity index (χ0) is 29.7. The number of benzene rings is 3. The molecule has 1 saturated heterocycles. The van der Waals surface area contributed by atoms with Gasteiger partial charge in [-0.1, -0.05) is 35.2 Å². The fraction of sp³-hybridized carbons (Fsp3) is 0.143. The van der Waals surface area contributed by atoms with Crippen molar-refractivity contribution in [2.75, 3.05) is 10.2 Å². The maximum absolute atomic E-state index is 13.8. The molecule has 2 aliphatic heterocycles. The number of imide groups is 1. The van der Waals surface area contributed by atoms with Gasteiger partial charge in [0, 0.05) is 28.6 Å². The molecule has 0 bridgehead atoms. The first-order chi connectivity index (χ1) is 20.1. The van der Waals surface area contributed by atoms with E-state index >= 15 is 0 Å². The number of fused-ring (bicyclic) bond motifs is 2. The number of thioether (sulfide) groups is 1. The topological polar surface area (TPSA) is 132 Å². The minimum Gasteiger partial charge on any atom is -0.325 e. The van der Waals surface area contributed by atoms with Crippen molar-refractivity contribution in [1.29, 1.82) is 0 Å². The summed E-state index contributed by atoms with van der Waals surface area (Å²) in [6.45, 7) is -0.406. The number of non-ortho nitro benzene ring substituents is 1. The molecule has 3 aromatic carbocycles. The normalized spacial score (nSPS) is 19.4. The molecule has 0 radical (unpaired) electrons. The Hall–Kier alpha value is -4.69. The van der Waals surface area contributed by atoms with Crippen molar-refractivity contribution >= 4 is 57.9 Å². The summed E-state index contributed by atoms with van der Waals surface area (Å²) in [6, 6.07) is 15.5. The summed E-state index contributed by atoms with van der Waals surface area (Å²) >= 11 is 1.83. The summed E-state index contributed by atoms with van der Waals surface area (Å²) in [5.41, 5.74) is 0.774. The molecule has 3 atom stereocenters. The molecule has 212 valence electrons. The predicted molar refractivity (Wildman–Crippen MR) is 151 cm³/mol. The molecule has 4 aromatic rings. The number of aromatic nitrogens is 1. The Kier molecular flexibility index (Phi) is 6.94. The highest BCUT2D eigenvalue weighted by molar-refractivity contribution is 8.00. The zero-order valence-corrected chi connectivity index (χ0v) is 22.9. The monoisotopic (exact) mass is 608 g/mol. The van der Waals surface area contributed by atoms with E-state index in [4.69, 9.17) is 0 Å². The fourth-order valence-corrected chi connectivity index (χ4v) is 7.91. The number of nitro groups is 1. The Morgan fingerprint density at radius 3 is 2.14 bits per heavy atom. The van der Waals surface area contributed by atoms with Gasteiger partial charge in [-0.25, -0.2) is 13.7 Å². The van der Waals surface area contributed by atoms with E-state index in [9.17, 15) is 38.1 Å². The molecule has 10 nitrogen and oxygen atoms in total. The highest BCUT2D eigenvalue weighted by atomic mass is 32.2. The molecule has 1 fully saturated rings. The van der Waals surface area contributed by atoms with Crippen LogP contribution in [0.4, 0.5) is 25.8 Å². The molecule has 0 aliphatic carbocycles. The average Bonchev–Trinajstić information content (AvgIpc) is 3.41. The molecule has 14 heteroatoms. The van der Waals surface area contributed by atoms with E-state index in [0.717, 1.165) is 28.0 Å². The molecule has 1 N–H and O–H groups in total. The number of anilines is 2. The Bertz CT molecular complexity index is 1810.